The molecule has 1 heterocycles. The molecule has 1 N–H and O–H groups in total. The van der Waals surface area contributed by atoms with E-state index in [4.69, 9.17) is 5.11 Å². The number of aromatic nitrogens is 1. The molecule has 14 heavy (non-hydrogen) atoms. The molecule has 1 rings (SSSR count). The quantitative estimate of drug-likeness (QED) is 0.545. The fourth-order valence-corrected chi connectivity index (χ4v) is 0.803. The average molecular weight is 193 g/mol. The fraction of sp³-hybridized carbons (Fsp3) is 0.222. The van der Waals surface area contributed by atoms with Crippen LogP contribution in [0.3, 0.4) is 0 Å². The Morgan fingerprint density at radius 1 is 1.64 bits per heavy atom. The Bertz CT molecular complexity index is 375. The zero-order valence-electron chi connectivity index (χ0n) is 7.60. The summed E-state index contributed by atoms with van der Waals surface area (Å²) < 4.78 is 0. The van der Waals surface area contributed by atoms with E-state index >= 15 is 0 Å². The van der Waals surface area contributed by atoms with E-state index in [1.165, 1.54) is 19.4 Å². The van der Waals surface area contributed by atoms with Gasteiger partial charge in [-0.25, -0.2) is 9.82 Å². The SMILES string of the molecule is CO[N+](=O)c1ccc(C#CCO)nc1. The van der Waals surface area contributed by atoms with Crippen LogP contribution in [-0.4, -0.2) is 28.7 Å². The largest absolute Gasteiger partial charge is 0.384 e. The number of rotatable bonds is 2. The van der Waals surface area contributed by atoms with Gasteiger partial charge >= 0.3 is 5.69 Å². The average Bonchev–Trinajstić information content (AvgIpc) is 2.26. The summed E-state index contributed by atoms with van der Waals surface area (Å²) in [7, 11) is 1.27. The van der Waals surface area contributed by atoms with Crippen molar-refractivity contribution in [3.8, 4) is 11.8 Å². The molecule has 0 aliphatic rings. The lowest BCUT2D eigenvalue weighted by Gasteiger charge is -1.88. The summed E-state index contributed by atoms with van der Waals surface area (Å²) in [4.78, 5) is 19.6. The number of hydrogen-bond acceptors (Lipinski definition) is 4. The molecular weight excluding hydrogens is 184 g/mol. The van der Waals surface area contributed by atoms with Crippen LogP contribution in [0.2, 0.25) is 0 Å². The number of nitrogens with zero attached hydrogens (tertiary/aromatic N) is 2. The Morgan fingerprint density at radius 3 is 2.93 bits per heavy atom. The predicted molar refractivity (Wildman–Crippen MR) is 48.5 cm³/mol. The Kier molecular flexibility index (Phi) is 3.58. The number of aliphatic hydroxyl groups is 1. The summed E-state index contributed by atoms with van der Waals surface area (Å²) in [6.07, 6.45) is 1.35. The minimum absolute atomic E-state index is 0.213. The van der Waals surface area contributed by atoms with Gasteiger partial charge < -0.3 is 5.11 Å². The van der Waals surface area contributed by atoms with Crippen LogP contribution in [0.15, 0.2) is 18.3 Å². The lowest BCUT2D eigenvalue weighted by molar-refractivity contribution is -0.736. The van der Waals surface area contributed by atoms with Crippen LogP contribution < -0.4 is 0 Å². The topological polar surface area (TPSA) is 62.4 Å². The van der Waals surface area contributed by atoms with Crippen molar-refractivity contribution in [3.63, 3.8) is 0 Å². The Hall–Kier alpha value is -1.93. The summed E-state index contributed by atoms with van der Waals surface area (Å²) in [6, 6.07) is 3.10. The second-order valence-electron chi connectivity index (χ2n) is 2.30. The first-order chi connectivity index (χ1) is 6.77. The smallest absolute Gasteiger partial charge is 0.334 e. The maximum absolute atomic E-state index is 10.9. The van der Waals surface area contributed by atoms with Gasteiger partial charge in [0, 0.05) is 6.07 Å². The Morgan fingerprint density at radius 2 is 2.43 bits per heavy atom. The van der Waals surface area contributed by atoms with Crippen LogP contribution in [0.1, 0.15) is 5.69 Å². The van der Waals surface area contributed by atoms with Gasteiger partial charge in [0.25, 0.3) is 4.92 Å². The van der Waals surface area contributed by atoms with E-state index in [2.05, 4.69) is 21.7 Å². The molecule has 0 amide bonds. The van der Waals surface area contributed by atoms with Crippen molar-refractivity contribution in [2.75, 3.05) is 13.7 Å². The van der Waals surface area contributed by atoms with E-state index < -0.39 is 0 Å². The third kappa shape index (κ3) is 2.54. The van der Waals surface area contributed by atoms with Crippen molar-refractivity contribution < 1.29 is 14.9 Å². The van der Waals surface area contributed by atoms with Gasteiger partial charge in [0.05, 0.1) is 4.91 Å². The van der Waals surface area contributed by atoms with Crippen molar-refractivity contribution in [3.05, 3.63) is 28.9 Å². The zero-order chi connectivity index (χ0) is 10.4. The highest BCUT2D eigenvalue weighted by Gasteiger charge is 2.13. The molecule has 72 valence electrons. The maximum Gasteiger partial charge on any atom is 0.334 e. The van der Waals surface area contributed by atoms with Gasteiger partial charge in [-0.2, -0.15) is 0 Å². The number of aliphatic hydroxyl groups excluding tert-OH is 1. The van der Waals surface area contributed by atoms with Crippen LogP contribution in [0.4, 0.5) is 5.69 Å². The van der Waals surface area contributed by atoms with Gasteiger partial charge in [0.15, 0.2) is 7.11 Å². The van der Waals surface area contributed by atoms with Gasteiger partial charge in [-0.3, -0.25) is 0 Å². The summed E-state index contributed by atoms with van der Waals surface area (Å²) in [6.45, 7) is -0.213. The van der Waals surface area contributed by atoms with Crippen molar-refractivity contribution in [2.24, 2.45) is 0 Å². The molecule has 0 fully saturated rings. The Balaban J connectivity index is 2.83. The van der Waals surface area contributed by atoms with Crippen molar-refractivity contribution in [1.29, 1.82) is 0 Å². The Labute approximate surface area is 80.9 Å². The third-order valence-corrected chi connectivity index (χ3v) is 1.42. The molecule has 1 aromatic heterocycles. The lowest BCUT2D eigenvalue weighted by Crippen LogP contribution is -1.98. The first-order valence-corrected chi connectivity index (χ1v) is 3.85. The zero-order valence-corrected chi connectivity index (χ0v) is 7.60. The minimum Gasteiger partial charge on any atom is -0.384 e. The van der Waals surface area contributed by atoms with Crippen molar-refractivity contribution in [2.45, 2.75) is 0 Å². The normalized spacial score (nSPS) is 8.71. The van der Waals surface area contributed by atoms with E-state index in [-0.39, 0.29) is 6.61 Å². The van der Waals surface area contributed by atoms with Gasteiger partial charge in [-0.15, -0.1) is 0 Å². The predicted octanol–water partition coefficient (Wildman–Crippen LogP) is 0.397. The molecule has 1 aromatic rings. The first kappa shape index (κ1) is 10.2. The molecule has 5 nitrogen and oxygen atoms in total. The molecule has 0 atom stereocenters. The van der Waals surface area contributed by atoms with E-state index in [0.29, 0.717) is 16.3 Å². The van der Waals surface area contributed by atoms with E-state index in [9.17, 15) is 4.91 Å². The fourth-order valence-electron chi connectivity index (χ4n) is 0.803. The molecule has 0 unspecified atom stereocenters. The summed E-state index contributed by atoms with van der Waals surface area (Å²) in [5.41, 5.74) is 0.786. The molecule has 0 spiro atoms. The van der Waals surface area contributed by atoms with Crippen LogP contribution in [-0.2, 0) is 4.84 Å². The van der Waals surface area contributed by atoms with Gasteiger partial charge in [-0.1, -0.05) is 5.92 Å². The van der Waals surface area contributed by atoms with Crippen molar-refractivity contribution in [1.82, 2.24) is 4.98 Å². The molecule has 0 aromatic carbocycles. The summed E-state index contributed by atoms with van der Waals surface area (Å²) in [5.74, 6) is 5.05. The molecule has 0 aliphatic heterocycles. The van der Waals surface area contributed by atoms with Crippen LogP contribution in [0, 0.1) is 16.7 Å². The van der Waals surface area contributed by atoms with E-state index in [1.54, 1.807) is 6.07 Å². The highest BCUT2D eigenvalue weighted by molar-refractivity contribution is 5.33. The molecule has 0 saturated carbocycles. The van der Waals surface area contributed by atoms with E-state index in [0.717, 1.165) is 0 Å². The standard InChI is InChI=1S/C9H9N2O3/c1-14-11(13)9-5-4-8(10-7-9)3-2-6-12/h4-5,7,12H,6H2,1H3/q+1. The molecular formula is C9H9N2O3+. The van der Waals surface area contributed by atoms with Crippen LogP contribution >= 0.6 is 0 Å². The summed E-state index contributed by atoms with van der Waals surface area (Å²) in [5, 5.41) is 8.43. The van der Waals surface area contributed by atoms with Gasteiger partial charge in [-0.05, 0) is 12.0 Å². The summed E-state index contributed by atoms with van der Waals surface area (Å²) >= 11 is 0. The molecule has 0 radical (unpaired) electrons. The van der Waals surface area contributed by atoms with Gasteiger partial charge in [0.2, 0.25) is 0 Å². The monoisotopic (exact) mass is 193 g/mol. The molecule has 5 heteroatoms. The first-order valence-electron chi connectivity index (χ1n) is 3.85. The highest BCUT2D eigenvalue weighted by atomic mass is 16.8. The van der Waals surface area contributed by atoms with Crippen LogP contribution in [0.5, 0.6) is 0 Å². The van der Waals surface area contributed by atoms with Crippen molar-refractivity contribution >= 4 is 5.69 Å². The molecule has 0 saturated heterocycles. The molecule has 0 aliphatic carbocycles. The second kappa shape index (κ2) is 4.94. The highest BCUT2D eigenvalue weighted by Crippen LogP contribution is 2.08. The van der Waals surface area contributed by atoms with E-state index in [1.807, 2.05) is 0 Å². The molecule has 0 bridgehead atoms. The van der Waals surface area contributed by atoms with Gasteiger partial charge in [0.1, 0.15) is 18.5 Å². The third-order valence-electron chi connectivity index (χ3n) is 1.42. The minimum atomic E-state index is -0.213. The van der Waals surface area contributed by atoms with Crippen LogP contribution in [0.25, 0.3) is 0 Å². The maximum atomic E-state index is 10.9. The second-order valence-corrected chi connectivity index (χ2v) is 2.30. The lowest BCUT2D eigenvalue weighted by atomic mass is 10.3. The number of hydrogen-bond donors (Lipinski definition) is 1. The number of pyridine rings is 1.